The maximum absolute atomic E-state index is 12.9. The number of halogens is 1. The monoisotopic (exact) mass is 426 g/mol. The zero-order valence-electron chi connectivity index (χ0n) is 16.7. The lowest BCUT2D eigenvalue weighted by atomic mass is 10.3. The van der Waals surface area contributed by atoms with Crippen LogP contribution in [0.4, 0.5) is 5.69 Å². The number of carbonyl (C=O) groups excluding carboxylic acids is 1. The van der Waals surface area contributed by atoms with Crippen molar-refractivity contribution in [2.75, 3.05) is 25.1 Å². The van der Waals surface area contributed by atoms with Crippen molar-refractivity contribution in [3.63, 3.8) is 0 Å². The highest BCUT2D eigenvalue weighted by Gasteiger charge is 2.31. The van der Waals surface area contributed by atoms with E-state index in [4.69, 9.17) is 21.1 Å². The van der Waals surface area contributed by atoms with Crippen LogP contribution in [0.1, 0.15) is 42.1 Å². The maximum Gasteiger partial charge on any atom is 0.295 e. The predicted molar refractivity (Wildman–Crippen MR) is 115 cm³/mol. The zero-order chi connectivity index (χ0) is 20.9. The topological polar surface area (TPSA) is 78.3 Å². The number of para-hydroxylation sites is 2. The molecule has 0 aliphatic heterocycles. The second-order valence-electron chi connectivity index (χ2n) is 6.93. The van der Waals surface area contributed by atoms with E-state index in [-0.39, 0.29) is 5.82 Å². The number of rotatable bonds is 9. The van der Waals surface area contributed by atoms with Crippen LogP contribution in [-0.2, 0) is 4.74 Å². The minimum absolute atomic E-state index is 0.112. The molecule has 8 heteroatoms. The molecule has 1 aliphatic rings. The molecule has 1 N–H and O–H groups in total. The van der Waals surface area contributed by atoms with Crippen molar-refractivity contribution >= 4 is 23.2 Å². The number of benzene rings is 2. The summed E-state index contributed by atoms with van der Waals surface area (Å²) in [5.41, 5.74) is 1.35. The van der Waals surface area contributed by atoms with Gasteiger partial charge >= 0.3 is 0 Å². The molecular weight excluding hydrogens is 404 g/mol. The fourth-order valence-electron chi connectivity index (χ4n) is 3.06. The summed E-state index contributed by atoms with van der Waals surface area (Å²) in [6.45, 7) is 3.28. The Balaban J connectivity index is 1.56. The molecule has 0 saturated heterocycles. The van der Waals surface area contributed by atoms with Gasteiger partial charge in [0, 0.05) is 12.5 Å². The molecule has 1 aliphatic carbocycles. The summed E-state index contributed by atoms with van der Waals surface area (Å²) < 4.78 is 12.8. The Labute approximate surface area is 180 Å². The summed E-state index contributed by atoms with van der Waals surface area (Å²) in [6, 6.07) is 14.9. The molecule has 1 saturated carbocycles. The van der Waals surface area contributed by atoms with Gasteiger partial charge in [0.25, 0.3) is 5.91 Å². The lowest BCUT2D eigenvalue weighted by Gasteiger charge is -2.13. The largest absolute Gasteiger partial charge is 0.487 e. The third kappa shape index (κ3) is 4.63. The van der Waals surface area contributed by atoms with Gasteiger partial charge in [0.1, 0.15) is 12.4 Å². The van der Waals surface area contributed by atoms with E-state index >= 15 is 0 Å². The van der Waals surface area contributed by atoms with Crippen molar-refractivity contribution in [3.8, 4) is 11.4 Å². The molecule has 30 heavy (non-hydrogen) atoms. The van der Waals surface area contributed by atoms with Crippen LogP contribution in [0.5, 0.6) is 5.75 Å². The van der Waals surface area contributed by atoms with Crippen molar-refractivity contribution in [2.45, 2.75) is 25.7 Å². The van der Waals surface area contributed by atoms with Gasteiger partial charge in [-0.2, -0.15) is 0 Å². The lowest BCUT2D eigenvalue weighted by Crippen LogP contribution is -2.16. The average Bonchev–Trinajstić information content (AvgIpc) is 3.51. The SMILES string of the molecule is CCOCCOc1c(Cl)cccc1NC(=O)c1nc(C2CC2)n(-c2ccccc2)n1. The van der Waals surface area contributed by atoms with Gasteiger partial charge in [-0.3, -0.25) is 4.79 Å². The number of nitrogens with one attached hydrogen (secondary N) is 1. The molecule has 0 bridgehead atoms. The number of ether oxygens (including phenoxy) is 2. The summed E-state index contributed by atoms with van der Waals surface area (Å²) >= 11 is 6.28. The molecule has 156 valence electrons. The molecule has 7 nitrogen and oxygen atoms in total. The highest BCUT2D eigenvalue weighted by atomic mass is 35.5. The first-order valence-electron chi connectivity index (χ1n) is 10.00. The molecule has 2 aromatic carbocycles. The summed E-state index contributed by atoms with van der Waals surface area (Å²) in [5, 5.41) is 7.72. The Hall–Kier alpha value is -2.90. The van der Waals surface area contributed by atoms with Crippen LogP contribution in [0.25, 0.3) is 5.69 Å². The van der Waals surface area contributed by atoms with Crippen molar-refractivity contribution in [2.24, 2.45) is 0 Å². The van der Waals surface area contributed by atoms with E-state index < -0.39 is 5.91 Å². The predicted octanol–water partition coefficient (Wildman–Crippen LogP) is 4.47. The van der Waals surface area contributed by atoms with Crippen molar-refractivity contribution in [3.05, 3.63) is 65.2 Å². The van der Waals surface area contributed by atoms with Gasteiger partial charge in [0.05, 0.1) is 23.0 Å². The van der Waals surface area contributed by atoms with Crippen LogP contribution in [-0.4, -0.2) is 40.5 Å². The zero-order valence-corrected chi connectivity index (χ0v) is 17.4. The van der Waals surface area contributed by atoms with Crippen LogP contribution >= 0.6 is 11.6 Å². The average molecular weight is 427 g/mol. The molecule has 4 rings (SSSR count). The molecule has 1 fully saturated rings. The van der Waals surface area contributed by atoms with Crippen molar-refractivity contribution in [1.82, 2.24) is 14.8 Å². The van der Waals surface area contributed by atoms with Crippen molar-refractivity contribution < 1.29 is 14.3 Å². The Bertz CT molecular complexity index is 1020. The van der Waals surface area contributed by atoms with Gasteiger partial charge < -0.3 is 14.8 Å². The van der Waals surface area contributed by atoms with Gasteiger partial charge in [-0.05, 0) is 44.0 Å². The third-order valence-electron chi connectivity index (χ3n) is 4.67. The quantitative estimate of drug-likeness (QED) is 0.511. The van der Waals surface area contributed by atoms with E-state index in [1.165, 1.54) is 0 Å². The first-order chi connectivity index (χ1) is 14.7. The summed E-state index contributed by atoms with van der Waals surface area (Å²) in [4.78, 5) is 17.5. The van der Waals surface area contributed by atoms with E-state index in [9.17, 15) is 4.79 Å². The molecular formula is C22H23ClN4O3. The normalized spacial score (nSPS) is 13.3. The Morgan fingerprint density at radius 1 is 1.17 bits per heavy atom. The molecule has 1 amide bonds. The maximum atomic E-state index is 12.9. The van der Waals surface area contributed by atoms with Gasteiger partial charge in [0.15, 0.2) is 5.75 Å². The van der Waals surface area contributed by atoms with Gasteiger partial charge in [-0.1, -0.05) is 35.9 Å². The van der Waals surface area contributed by atoms with Crippen LogP contribution in [0.2, 0.25) is 5.02 Å². The van der Waals surface area contributed by atoms with Crippen molar-refractivity contribution in [1.29, 1.82) is 0 Å². The Morgan fingerprint density at radius 3 is 2.70 bits per heavy atom. The van der Waals surface area contributed by atoms with Gasteiger partial charge in [0.2, 0.25) is 5.82 Å². The smallest absolute Gasteiger partial charge is 0.295 e. The number of hydrogen-bond acceptors (Lipinski definition) is 5. The van der Waals surface area contributed by atoms with Gasteiger partial charge in [-0.15, -0.1) is 5.10 Å². The fraction of sp³-hybridized carbons (Fsp3) is 0.318. The highest BCUT2D eigenvalue weighted by Crippen LogP contribution is 2.40. The lowest BCUT2D eigenvalue weighted by molar-refractivity contribution is 0.101. The fourth-order valence-corrected chi connectivity index (χ4v) is 3.29. The van der Waals surface area contributed by atoms with Crippen LogP contribution in [0.3, 0.4) is 0 Å². The number of aromatic nitrogens is 3. The van der Waals surface area contributed by atoms with E-state index in [0.29, 0.717) is 42.2 Å². The molecule has 0 unspecified atom stereocenters. The minimum atomic E-state index is -0.413. The van der Waals surface area contributed by atoms with Crippen LogP contribution in [0, 0.1) is 0 Å². The number of hydrogen-bond donors (Lipinski definition) is 1. The minimum Gasteiger partial charge on any atom is -0.487 e. The summed E-state index contributed by atoms with van der Waals surface area (Å²) in [5.74, 6) is 1.25. The standard InChI is InChI=1S/C22H23ClN4O3/c1-2-29-13-14-30-19-17(23)9-6-10-18(19)24-22(28)20-25-21(15-11-12-15)27(26-20)16-7-4-3-5-8-16/h3-10,15H,2,11-14H2,1H3,(H,24,28). The number of nitrogens with zero attached hydrogens (tertiary/aromatic N) is 3. The van der Waals surface area contributed by atoms with Crippen LogP contribution < -0.4 is 10.1 Å². The first kappa shape index (κ1) is 20.4. The molecule has 1 aromatic heterocycles. The highest BCUT2D eigenvalue weighted by molar-refractivity contribution is 6.32. The number of carbonyl (C=O) groups is 1. The number of anilines is 1. The molecule has 0 radical (unpaired) electrons. The number of amides is 1. The molecule has 3 aromatic rings. The van der Waals surface area contributed by atoms with E-state index in [1.807, 2.05) is 37.3 Å². The summed E-state index contributed by atoms with van der Waals surface area (Å²) in [7, 11) is 0. The first-order valence-corrected chi connectivity index (χ1v) is 10.4. The van der Waals surface area contributed by atoms with E-state index in [1.54, 1.807) is 22.9 Å². The van der Waals surface area contributed by atoms with Gasteiger partial charge in [-0.25, -0.2) is 9.67 Å². The Kier molecular flexibility index (Phi) is 6.30. The second kappa shape index (κ2) is 9.28. The second-order valence-corrected chi connectivity index (χ2v) is 7.34. The molecule has 0 spiro atoms. The van der Waals surface area contributed by atoms with Crippen LogP contribution in [0.15, 0.2) is 48.5 Å². The Morgan fingerprint density at radius 2 is 1.97 bits per heavy atom. The summed E-state index contributed by atoms with van der Waals surface area (Å²) in [6.07, 6.45) is 2.11. The van der Waals surface area contributed by atoms with E-state index in [2.05, 4.69) is 15.4 Å². The van der Waals surface area contributed by atoms with E-state index in [0.717, 1.165) is 24.4 Å². The molecule has 0 atom stereocenters. The third-order valence-corrected chi connectivity index (χ3v) is 4.97. The molecule has 1 heterocycles.